The van der Waals surface area contributed by atoms with Crippen molar-refractivity contribution in [1.82, 2.24) is 0 Å². The van der Waals surface area contributed by atoms with E-state index in [1.165, 1.54) is 6.92 Å². The van der Waals surface area contributed by atoms with Crippen molar-refractivity contribution in [2.24, 2.45) is 5.73 Å². The van der Waals surface area contributed by atoms with E-state index in [9.17, 15) is 0 Å². The van der Waals surface area contributed by atoms with Crippen LogP contribution in [0.4, 0.5) is 0 Å². The molecule has 6 N–H and O–H groups in total. The van der Waals surface area contributed by atoms with Crippen molar-refractivity contribution in [2.45, 2.75) is 37.3 Å². The van der Waals surface area contributed by atoms with Crippen LogP contribution in [0.3, 0.4) is 0 Å². The number of hydrogen-bond donors (Lipinski definition) is 5. The van der Waals surface area contributed by atoms with E-state index >= 15 is 0 Å². The molecule has 1 aliphatic rings. The summed E-state index contributed by atoms with van der Waals surface area (Å²) in [5.74, 6) is -2.29. The molecule has 0 aromatic rings. The van der Waals surface area contributed by atoms with Gasteiger partial charge in [0.15, 0.2) is 6.10 Å². The minimum atomic E-state index is -2.29. The highest BCUT2D eigenvalue weighted by molar-refractivity contribution is 4.91. The maximum Gasteiger partial charge on any atom is 0.252 e. The number of hydrogen-bond acceptors (Lipinski definition) is 6. The van der Waals surface area contributed by atoms with Gasteiger partial charge in [-0.1, -0.05) is 0 Å². The summed E-state index contributed by atoms with van der Waals surface area (Å²) in [5, 5.41) is 36.5. The maximum absolute atomic E-state index is 9.15. The van der Waals surface area contributed by atoms with E-state index in [0.29, 0.717) is 0 Å². The Morgan fingerprint density at radius 2 is 1.75 bits per heavy atom. The fourth-order valence-electron chi connectivity index (χ4n) is 1.15. The minimum absolute atomic E-state index is 0.821. The van der Waals surface area contributed by atoms with Crippen LogP contribution in [0.2, 0.25) is 0 Å². The number of aliphatic hydroxyl groups excluding tert-OH is 3. The Bertz CT molecular complexity index is 173. The monoisotopic (exact) mass is 179 g/mol. The van der Waals surface area contributed by atoms with Gasteiger partial charge in [0.1, 0.15) is 12.2 Å². The Morgan fingerprint density at radius 3 is 2.25 bits per heavy atom. The van der Waals surface area contributed by atoms with E-state index in [0.717, 1.165) is 0 Å². The molecular weight excluding hydrogens is 166 g/mol. The molecule has 0 aromatic carbocycles. The first-order chi connectivity index (χ1) is 5.36. The predicted octanol–water partition coefficient (Wildman–Crippen LogP) is -2.91. The molecular formula is C6H13NO5. The van der Waals surface area contributed by atoms with E-state index in [1.54, 1.807) is 0 Å². The summed E-state index contributed by atoms with van der Waals surface area (Å²) in [6.45, 7) is 1.43. The van der Waals surface area contributed by atoms with Crippen molar-refractivity contribution in [2.75, 3.05) is 0 Å². The maximum atomic E-state index is 9.15. The second-order valence-corrected chi connectivity index (χ2v) is 3.00. The van der Waals surface area contributed by atoms with Gasteiger partial charge in [-0.15, -0.1) is 0 Å². The lowest BCUT2D eigenvalue weighted by Crippen LogP contribution is -2.67. The molecule has 1 rings (SSSR count). The molecule has 1 fully saturated rings. The summed E-state index contributed by atoms with van der Waals surface area (Å²) in [6.07, 6.45) is -5.27. The molecule has 0 amide bonds. The van der Waals surface area contributed by atoms with E-state index in [-0.39, 0.29) is 0 Å². The van der Waals surface area contributed by atoms with Crippen LogP contribution < -0.4 is 5.73 Å². The molecule has 1 aliphatic heterocycles. The quantitative estimate of drug-likeness (QED) is 0.255. The molecule has 0 radical (unpaired) electrons. The Morgan fingerprint density at radius 1 is 1.25 bits per heavy atom. The van der Waals surface area contributed by atoms with E-state index in [4.69, 9.17) is 26.2 Å². The zero-order valence-corrected chi connectivity index (χ0v) is 6.58. The average Bonchev–Trinajstić information content (AvgIpc) is 1.97. The lowest BCUT2D eigenvalue weighted by molar-refractivity contribution is -0.340. The smallest absolute Gasteiger partial charge is 0.252 e. The molecule has 12 heavy (non-hydrogen) atoms. The number of nitrogens with two attached hydrogens (primary N) is 1. The number of ether oxygens (including phenoxy) is 1. The van der Waals surface area contributed by atoms with Gasteiger partial charge in [0, 0.05) is 0 Å². The largest absolute Gasteiger partial charge is 0.388 e. The van der Waals surface area contributed by atoms with Crippen molar-refractivity contribution in [3.05, 3.63) is 0 Å². The predicted molar refractivity (Wildman–Crippen MR) is 37.7 cm³/mol. The highest BCUT2D eigenvalue weighted by atomic mass is 16.7. The van der Waals surface area contributed by atoms with Gasteiger partial charge < -0.3 is 25.2 Å². The second-order valence-electron chi connectivity index (χ2n) is 3.00. The molecule has 0 aliphatic carbocycles. The van der Waals surface area contributed by atoms with Crippen LogP contribution in [0.15, 0.2) is 0 Å². The molecule has 6 nitrogen and oxygen atoms in total. The van der Waals surface area contributed by atoms with Crippen molar-refractivity contribution in [3.8, 4) is 0 Å². The minimum Gasteiger partial charge on any atom is -0.388 e. The second kappa shape index (κ2) is 2.91. The number of aliphatic hydroxyl groups is 4. The Labute approximate surface area is 69.2 Å². The van der Waals surface area contributed by atoms with Crippen LogP contribution in [0.5, 0.6) is 0 Å². The van der Waals surface area contributed by atoms with Crippen molar-refractivity contribution < 1.29 is 25.2 Å². The molecule has 0 bridgehead atoms. The number of rotatable bonds is 0. The molecule has 72 valence electrons. The van der Waals surface area contributed by atoms with E-state index < -0.39 is 30.3 Å². The van der Waals surface area contributed by atoms with Gasteiger partial charge in [0.25, 0.3) is 5.91 Å². The van der Waals surface area contributed by atoms with Crippen LogP contribution in [0.25, 0.3) is 0 Å². The zero-order valence-electron chi connectivity index (χ0n) is 6.58. The molecule has 1 heterocycles. The molecule has 0 spiro atoms. The van der Waals surface area contributed by atoms with Gasteiger partial charge in [-0.3, -0.25) is 5.73 Å². The molecule has 0 aromatic heterocycles. The van der Waals surface area contributed by atoms with Crippen molar-refractivity contribution >= 4 is 0 Å². The summed E-state index contributed by atoms with van der Waals surface area (Å²) in [7, 11) is 0. The lowest BCUT2D eigenvalue weighted by atomic mass is 9.98. The van der Waals surface area contributed by atoms with Crippen LogP contribution in [-0.4, -0.2) is 50.8 Å². The van der Waals surface area contributed by atoms with Crippen LogP contribution in [0, 0.1) is 0 Å². The highest BCUT2D eigenvalue weighted by Crippen LogP contribution is 2.23. The van der Waals surface area contributed by atoms with Crippen LogP contribution >= 0.6 is 0 Å². The molecule has 5 atom stereocenters. The summed E-state index contributed by atoms with van der Waals surface area (Å²) < 4.78 is 4.64. The average molecular weight is 179 g/mol. The summed E-state index contributed by atoms with van der Waals surface area (Å²) >= 11 is 0. The molecule has 6 heteroatoms. The standard InChI is InChI=1S/C6H13NO5/c1-2-3(8)4(9)5(10)6(7,11)12-2/h2-5,8-11H,7H2,1H3. The van der Waals surface area contributed by atoms with Gasteiger partial charge in [-0.2, -0.15) is 0 Å². The Balaban J connectivity index is 2.78. The van der Waals surface area contributed by atoms with Crippen LogP contribution in [-0.2, 0) is 4.74 Å². The third-order valence-electron chi connectivity index (χ3n) is 1.95. The van der Waals surface area contributed by atoms with Gasteiger partial charge in [-0.25, -0.2) is 0 Å². The SMILES string of the molecule is CC1OC(N)(O)C(O)C(O)C1O. The third kappa shape index (κ3) is 1.45. The molecule has 5 unspecified atom stereocenters. The first-order valence-electron chi connectivity index (χ1n) is 3.59. The zero-order chi connectivity index (χ0) is 9.52. The fraction of sp³-hybridized carbons (Fsp3) is 1.00. The summed E-state index contributed by atoms with van der Waals surface area (Å²) in [5.41, 5.74) is 5.08. The van der Waals surface area contributed by atoms with Gasteiger partial charge >= 0.3 is 0 Å². The highest BCUT2D eigenvalue weighted by Gasteiger charge is 2.49. The molecule has 1 saturated heterocycles. The molecule has 0 saturated carbocycles. The topological polar surface area (TPSA) is 116 Å². The Hall–Kier alpha value is -0.240. The first kappa shape index (κ1) is 9.85. The first-order valence-corrected chi connectivity index (χ1v) is 3.59. The lowest BCUT2D eigenvalue weighted by Gasteiger charge is -2.42. The van der Waals surface area contributed by atoms with E-state index in [1.807, 2.05) is 0 Å². The normalized spacial score (nSPS) is 55.5. The Kier molecular flexibility index (Phi) is 2.39. The van der Waals surface area contributed by atoms with Gasteiger partial charge in [0.05, 0.1) is 6.10 Å². The van der Waals surface area contributed by atoms with E-state index in [2.05, 4.69) is 4.74 Å². The third-order valence-corrected chi connectivity index (χ3v) is 1.95. The van der Waals surface area contributed by atoms with Crippen LogP contribution in [0.1, 0.15) is 6.92 Å². The van der Waals surface area contributed by atoms with Gasteiger partial charge in [0.2, 0.25) is 0 Å². The fourth-order valence-corrected chi connectivity index (χ4v) is 1.15. The summed E-state index contributed by atoms with van der Waals surface area (Å²) in [4.78, 5) is 0. The van der Waals surface area contributed by atoms with Crippen molar-refractivity contribution in [3.63, 3.8) is 0 Å². The van der Waals surface area contributed by atoms with Gasteiger partial charge in [-0.05, 0) is 6.92 Å². The summed E-state index contributed by atoms with van der Waals surface area (Å²) in [6, 6.07) is 0. The van der Waals surface area contributed by atoms with Crippen molar-refractivity contribution in [1.29, 1.82) is 0 Å².